The van der Waals surface area contributed by atoms with Crippen molar-refractivity contribution in [3.63, 3.8) is 0 Å². The van der Waals surface area contributed by atoms with Gasteiger partial charge in [-0.3, -0.25) is 4.79 Å². The summed E-state index contributed by atoms with van der Waals surface area (Å²) in [6.07, 6.45) is 6.61. The highest BCUT2D eigenvalue weighted by molar-refractivity contribution is 6.00. The molecule has 130 valence electrons. The number of carbonyl (C=O) groups is 3. The molecule has 0 unspecified atom stereocenters. The number of allylic oxidation sites excluding steroid dienone is 3. The lowest BCUT2D eigenvalue weighted by Gasteiger charge is -2.29. The molecular weight excluding hydrogens is 314 g/mol. The lowest BCUT2D eigenvalue weighted by Crippen LogP contribution is -2.44. The zero-order valence-electron chi connectivity index (χ0n) is 14.0. The minimum Gasteiger partial charge on any atom is -0.461 e. The fourth-order valence-corrected chi connectivity index (χ4v) is 1.76. The van der Waals surface area contributed by atoms with E-state index in [-0.39, 0.29) is 12.1 Å². The Hall–Kier alpha value is -2.79. The molecule has 0 aromatic heterocycles. The molecule has 0 saturated heterocycles. The molecule has 0 amide bonds. The smallest absolute Gasteiger partial charge is 0.330 e. The van der Waals surface area contributed by atoms with E-state index in [0.29, 0.717) is 0 Å². The van der Waals surface area contributed by atoms with Crippen LogP contribution in [0, 0.1) is 5.41 Å². The number of aliphatic imine (C=N–C) groups is 1. The maximum atomic E-state index is 12.5. The van der Waals surface area contributed by atoms with Crippen molar-refractivity contribution in [1.82, 2.24) is 0 Å². The summed E-state index contributed by atoms with van der Waals surface area (Å²) in [5, 5.41) is 0. The second-order valence-electron chi connectivity index (χ2n) is 5.01. The van der Waals surface area contributed by atoms with Crippen LogP contribution in [0.2, 0.25) is 0 Å². The van der Waals surface area contributed by atoms with E-state index in [1.54, 1.807) is 13.8 Å². The first-order valence-electron chi connectivity index (χ1n) is 7.15. The number of esters is 2. The highest BCUT2D eigenvalue weighted by atomic mass is 16.5. The van der Waals surface area contributed by atoms with Gasteiger partial charge in [-0.15, -0.1) is 0 Å². The van der Waals surface area contributed by atoms with Gasteiger partial charge in [-0.25, -0.2) is 19.4 Å². The minimum atomic E-state index is -1.53. The number of nitrogens with zero attached hydrogens (tertiary/aromatic N) is 1. The molecule has 0 aromatic rings. The van der Waals surface area contributed by atoms with Crippen LogP contribution in [0.3, 0.4) is 0 Å². The molecule has 0 spiro atoms. The third-order valence-corrected chi connectivity index (χ3v) is 2.90. The molecular formula is C17H21NO6. The van der Waals surface area contributed by atoms with Crippen molar-refractivity contribution in [2.45, 2.75) is 20.8 Å². The molecule has 0 atom stereocenters. The number of ketones is 1. The van der Waals surface area contributed by atoms with Crippen LogP contribution < -0.4 is 0 Å². The number of rotatable bonds is 10. The summed E-state index contributed by atoms with van der Waals surface area (Å²) in [5.74, 6) is -1.87. The third-order valence-electron chi connectivity index (χ3n) is 2.90. The van der Waals surface area contributed by atoms with Gasteiger partial charge in [0, 0.05) is 12.2 Å². The maximum absolute atomic E-state index is 12.5. The van der Waals surface area contributed by atoms with Crippen LogP contribution in [0.1, 0.15) is 20.8 Å². The normalized spacial score (nSPS) is 13.1. The van der Waals surface area contributed by atoms with Gasteiger partial charge in [-0.1, -0.05) is 18.7 Å². The molecule has 0 aliphatic rings. The zero-order valence-corrected chi connectivity index (χ0v) is 14.0. The molecule has 0 radical (unpaired) electrons. The molecule has 0 bridgehead atoms. The van der Waals surface area contributed by atoms with Gasteiger partial charge in [-0.2, -0.15) is 0 Å². The van der Waals surface area contributed by atoms with Crippen molar-refractivity contribution in [2.75, 3.05) is 19.8 Å². The standard InChI is InChI=1S/C17H21NO6/c1-5-7-14(20)23-10-17(9-18-12-19,16(22)13(3)4)11-24-15(21)8-6-2/h5-8H,3,9-11H2,1-2,4H3. The highest BCUT2D eigenvalue weighted by Gasteiger charge is 2.41. The molecule has 0 rings (SSSR count). The molecule has 7 nitrogen and oxygen atoms in total. The molecule has 24 heavy (non-hydrogen) atoms. The Balaban J connectivity index is 5.53. The van der Waals surface area contributed by atoms with Crippen LogP contribution in [-0.2, 0) is 28.7 Å². The second-order valence-corrected chi connectivity index (χ2v) is 5.01. The Morgan fingerprint density at radius 1 is 1.08 bits per heavy atom. The van der Waals surface area contributed by atoms with E-state index in [1.807, 2.05) is 0 Å². The van der Waals surface area contributed by atoms with Crippen molar-refractivity contribution in [3.8, 4) is 0 Å². The Labute approximate surface area is 140 Å². The van der Waals surface area contributed by atoms with Crippen LogP contribution in [0.4, 0.5) is 0 Å². The first-order valence-corrected chi connectivity index (χ1v) is 7.15. The number of isocyanates is 1. The lowest BCUT2D eigenvalue weighted by atomic mass is 9.82. The van der Waals surface area contributed by atoms with E-state index in [0.717, 1.165) is 0 Å². The topological polar surface area (TPSA) is 99.1 Å². The van der Waals surface area contributed by atoms with Crippen LogP contribution in [0.5, 0.6) is 0 Å². The molecule has 7 heteroatoms. The van der Waals surface area contributed by atoms with E-state index in [9.17, 15) is 19.2 Å². The Morgan fingerprint density at radius 2 is 1.54 bits per heavy atom. The maximum Gasteiger partial charge on any atom is 0.330 e. The lowest BCUT2D eigenvalue weighted by molar-refractivity contribution is -0.151. The first kappa shape index (κ1) is 21.2. The van der Waals surface area contributed by atoms with Crippen LogP contribution >= 0.6 is 0 Å². The van der Waals surface area contributed by atoms with E-state index >= 15 is 0 Å². The Kier molecular flexibility index (Phi) is 9.59. The number of Topliss-reactive ketones (excluding diaryl/α,β-unsaturated/α-hetero) is 1. The monoisotopic (exact) mass is 335 g/mol. The molecule has 0 aliphatic carbocycles. The van der Waals surface area contributed by atoms with Gasteiger partial charge in [0.1, 0.15) is 18.6 Å². The minimum absolute atomic E-state index is 0.153. The molecule has 0 heterocycles. The third kappa shape index (κ3) is 6.98. The van der Waals surface area contributed by atoms with Gasteiger partial charge in [0.25, 0.3) is 0 Å². The Bertz CT molecular complexity index is 568. The fourth-order valence-electron chi connectivity index (χ4n) is 1.76. The van der Waals surface area contributed by atoms with E-state index in [2.05, 4.69) is 11.6 Å². The zero-order chi connectivity index (χ0) is 18.6. The van der Waals surface area contributed by atoms with Crippen molar-refractivity contribution >= 4 is 23.8 Å². The number of hydrogen-bond acceptors (Lipinski definition) is 7. The van der Waals surface area contributed by atoms with Gasteiger partial charge >= 0.3 is 11.9 Å². The quantitative estimate of drug-likeness (QED) is 0.261. The predicted molar refractivity (Wildman–Crippen MR) is 86.8 cm³/mol. The van der Waals surface area contributed by atoms with Gasteiger partial charge in [-0.05, 0) is 26.3 Å². The van der Waals surface area contributed by atoms with Crippen molar-refractivity contribution in [1.29, 1.82) is 0 Å². The SMILES string of the molecule is C=C(C)C(=O)C(CN=C=O)(COC(=O)C=CC)COC(=O)C=CC. The molecule has 0 saturated carbocycles. The number of ether oxygens (including phenoxy) is 2. The van der Waals surface area contributed by atoms with Crippen LogP contribution in [0.15, 0.2) is 41.4 Å². The van der Waals surface area contributed by atoms with Crippen molar-refractivity contribution < 1.29 is 28.7 Å². The van der Waals surface area contributed by atoms with Crippen LogP contribution in [-0.4, -0.2) is 43.6 Å². The van der Waals surface area contributed by atoms with Gasteiger partial charge in [0.15, 0.2) is 5.78 Å². The molecule has 0 aliphatic heterocycles. The largest absolute Gasteiger partial charge is 0.461 e. The van der Waals surface area contributed by atoms with E-state index < -0.39 is 36.4 Å². The summed E-state index contributed by atoms with van der Waals surface area (Å²) < 4.78 is 10.0. The fraction of sp³-hybridized carbons (Fsp3) is 0.412. The summed E-state index contributed by atoms with van der Waals surface area (Å²) in [7, 11) is 0. The van der Waals surface area contributed by atoms with E-state index in [1.165, 1.54) is 37.3 Å². The number of hydrogen-bond donors (Lipinski definition) is 0. The molecule has 0 N–H and O–H groups in total. The van der Waals surface area contributed by atoms with Crippen LogP contribution in [0.25, 0.3) is 0 Å². The van der Waals surface area contributed by atoms with Crippen molar-refractivity contribution in [2.24, 2.45) is 10.4 Å². The van der Waals surface area contributed by atoms with Gasteiger partial charge in [0.2, 0.25) is 6.08 Å². The van der Waals surface area contributed by atoms with Gasteiger partial charge < -0.3 is 9.47 Å². The second kappa shape index (κ2) is 10.9. The predicted octanol–water partition coefficient (Wildman–Crippen LogP) is 1.69. The summed E-state index contributed by atoms with van der Waals surface area (Å²) in [6, 6.07) is 0. The first-order chi connectivity index (χ1) is 11.3. The summed E-state index contributed by atoms with van der Waals surface area (Å²) >= 11 is 0. The molecule has 0 aromatic carbocycles. The average molecular weight is 335 g/mol. The summed E-state index contributed by atoms with van der Waals surface area (Å²) in [5.41, 5.74) is -1.38. The summed E-state index contributed by atoms with van der Waals surface area (Å²) in [6.45, 7) is 7.08. The van der Waals surface area contributed by atoms with Gasteiger partial charge in [0.05, 0.1) is 6.54 Å². The number of carbonyl (C=O) groups excluding carboxylic acids is 4. The van der Waals surface area contributed by atoms with Crippen molar-refractivity contribution in [3.05, 3.63) is 36.5 Å². The summed E-state index contributed by atoms with van der Waals surface area (Å²) in [4.78, 5) is 49.4. The average Bonchev–Trinajstić information content (AvgIpc) is 2.54. The molecule has 0 fully saturated rings. The highest BCUT2D eigenvalue weighted by Crippen LogP contribution is 2.25. The Morgan fingerprint density at radius 3 is 1.88 bits per heavy atom. The van der Waals surface area contributed by atoms with E-state index in [4.69, 9.17) is 9.47 Å².